The van der Waals surface area contributed by atoms with Crippen LogP contribution >= 0.6 is 0 Å². The predicted molar refractivity (Wildman–Crippen MR) is 148 cm³/mol. The van der Waals surface area contributed by atoms with Crippen LogP contribution in [0.3, 0.4) is 0 Å². The van der Waals surface area contributed by atoms with Crippen LogP contribution in [0.5, 0.6) is 11.5 Å². The zero-order valence-electron chi connectivity index (χ0n) is 22.9. The molecule has 38 heavy (non-hydrogen) atoms. The maximum Gasteiger partial charge on any atom is 0.244 e. The average molecular weight is 546 g/mol. The fourth-order valence-corrected chi connectivity index (χ4v) is 5.60. The number of nitrogens with zero attached hydrogens (tertiary/aromatic N) is 2. The molecule has 0 saturated heterocycles. The fraction of sp³-hybridized carbons (Fsp3) is 0.500. The molecular formula is C28H39N3O6S. The van der Waals surface area contributed by atoms with Crippen molar-refractivity contribution in [1.82, 2.24) is 10.2 Å². The molecule has 1 saturated carbocycles. The van der Waals surface area contributed by atoms with Gasteiger partial charge < -0.3 is 19.7 Å². The van der Waals surface area contributed by atoms with E-state index >= 15 is 0 Å². The lowest BCUT2D eigenvalue weighted by molar-refractivity contribution is -0.139. The van der Waals surface area contributed by atoms with Crippen molar-refractivity contribution in [1.29, 1.82) is 0 Å². The normalized spacial score (nSPS) is 14.9. The number of carbonyl (C=O) groups excluding carboxylic acids is 2. The van der Waals surface area contributed by atoms with E-state index in [4.69, 9.17) is 9.47 Å². The number of nitrogens with one attached hydrogen (secondary N) is 1. The Morgan fingerprint density at radius 3 is 2.37 bits per heavy atom. The Balaban J connectivity index is 1.92. The number of amides is 2. The zero-order valence-corrected chi connectivity index (χ0v) is 23.7. The summed E-state index contributed by atoms with van der Waals surface area (Å²) in [6.45, 7) is 3.31. The van der Waals surface area contributed by atoms with Crippen LogP contribution in [0.4, 0.5) is 5.69 Å². The molecule has 0 aliphatic heterocycles. The van der Waals surface area contributed by atoms with E-state index in [9.17, 15) is 18.0 Å². The lowest BCUT2D eigenvalue weighted by Gasteiger charge is -2.33. The molecular weight excluding hydrogens is 506 g/mol. The first-order valence-corrected chi connectivity index (χ1v) is 14.7. The van der Waals surface area contributed by atoms with Crippen molar-refractivity contribution in [3.8, 4) is 11.5 Å². The quantitative estimate of drug-likeness (QED) is 0.462. The standard InChI is InChI=1S/C28H39N3O6S/c1-20-10-9-11-22(16-20)18-30(21(2)28(33)29-23-12-7-6-8-13-23)27(32)19-31(38(5,34)35)25-15-14-24(36-3)17-26(25)37-4/h9-11,14-17,21,23H,6-8,12-13,18-19H2,1-5H3,(H,29,33)/t21-/m1/s1. The lowest BCUT2D eigenvalue weighted by atomic mass is 9.95. The summed E-state index contributed by atoms with van der Waals surface area (Å²) in [6.07, 6.45) is 6.17. The van der Waals surface area contributed by atoms with Crippen LogP contribution in [0.2, 0.25) is 0 Å². The largest absolute Gasteiger partial charge is 0.497 e. The molecule has 0 heterocycles. The summed E-state index contributed by atoms with van der Waals surface area (Å²) in [5.41, 5.74) is 2.08. The smallest absolute Gasteiger partial charge is 0.244 e. The first-order chi connectivity index (χ1) is 18.0. The third-order valence-electron chi connectivity index (χ3n) is 6.89. The van der Waals surface area contributed by atoms with Crippen molar-refractivity contribution in [2.45, 2.75) is 64.6 Å². The summed E-state index contributed by atoms with van der Waals surface area (Å²) in [4.78, 5) is 28.5. The molecule has 2 aromatic carbocycles. The Hall–Kier alpha value is -3.27. The molecule has 3 rings (SSSR count). The number of rotatable bonds is 11. The van der Waals surface area contributed by atoms with Crippen LogP contribution in [0, 0.1) is 6.92 Å². The Labute approximate surface area is 226 Å². The highest BCUT2D eigenvalue weighted by molar-refractivity contribution is 7.92. The van der Waals surface area contributed by atoms with E-state index in [1.54, 1.807) is 19.1 Å². The third kappa shape index (κ3) is 7.63. The number of hydrogen-bond donors (Lipinski definition) is 1. The van der Waals surface area contributed by atoms with Gasteiger partial charge in [-0.1, -0.05) is 49.1 Å². The number of methoxy groups -OCH3 is 2. The van der Waals surface area contributed by atoms with Crippen LogP contribution in [0.15, 0.2) is 42.5 Å². The van der Waals surface area contributed by atoms with E-state index in [0.717, 1.165) is 53.8 Å². The average Bonchev–Trinajstić information content (AvgIpc) is 2.89. The number of anilines is 1. The molecule has 0 unspecified atom stereocenters. The number of carbonyl (C=O) groups is 2. The Morgan fingerprint density at radius 2 is 1.76 bits per heavy atom. The van der Waals surface area contributed by atoms with E-state index in [0.29, 0.717) is 5.75 Å². The molecule has 208 valence electrons. The molecule has 9 nitrogen and oxygen atoms in total. The number of ether oxygens (including phenoxy) is 2. The van der Waals surface area contributed by atoms with Crippen molar-refractivity contribution in [3.63, 3.8) is 0 Å². The lowest BCUT2D eigenvalue weighted by Crippen LogP contribution is -2.53. The van der Waals surface area contributed by atoms with Crippen molar-refractivity contribution >= 4 is 27.5 Å². The monoisotopic (exact) mass is 545 g/mol. The van der Waals surface area contributed by atoms with E-state index in [1.165, 1.54) is 25.2 Å². The van der Waals surface area contributed by atoms with Gasteiger partial charge in [0.2, 0.25) is 21.8 Å². The van der Waals surface area contributed by atoms with Gasteiger partial charge in [0.25, 0.3) is 0 Å². The van der Waals surface area contributed by atoms with Crippen molar-refractivity contribution < 1.29 is 27.5 Å². The molecule has 0 aromatic heterocycles. The van der Waals surface area contributed by atoms with Gasteiger partial charge in [-0.15, -0.1) is 0 Å². The minimum absolute atomic E-state index is 0.0886. The van der Waals surface area contributed by atoms with E-state index in [-0.39, 0.29) is 29.9 Å². The Bertz CT molecular complexity index is 1230. The van der Waals surface area contributed by atoms with Gasteiger partial charge in [0.05, 0.1) is 26.2 Å². The molecule has 0 spiro atoms. The van der Waals surface area contributed by atoms with Crippen molar-refractivity contribution in [2.24, 2.45) is 0 Å². The maximum absolute atomic E-state index is 13.8. The second-order valence-corrected chi connectivity index (χ2v) is 11.7. The summed E-state index contributed by atoms with van der Waals surface area (Å²) in [5, 5.41) is 3.10. The second-order valence-electron chi connectivity index (χ2n) is 9.84. The van der Waals surface area contributed by atoms with E-state index in [2.05, 4.69) is 5.32 Å². The number of aryl methyl sites for hydroxylation is 1. The third-order valence-corrected chi connectivity index (χ3v) is 8.02. The van der Waals surface area contributed by atoms with Gasteiger partial charge in [0.1, 0.15) is 24.1 Å². The molecule has 10 heteroatoms. The second kappa shape index (κ2) is 13.0. The Morgan fingerprint density at radius 1 is 1.05 bits per heavy atom. The van der Waals surface area contributed by atoms with E-state index < -0.39 is 28.5 Å². The SMILES string of the molecule is COc1ccc(N(CC(=O)N(Cc2cccc(C)c2)[C@H](C)C(=O)NC2CCCCC2)S(C)(=O)=O)c(OC)c1. The molecule has 1 N–H and O–H groups in total. The molecule has 1 fully saturated rings. The van der Waals surface area contributed by atoms with Crippen LogP contribution in [-0.4, -0.2) is 64.2 Å². The van der Waals surface area contributed by atoms with Crippen LogP contribution in [0.1, 0.15) is 50.2 Å². The van der Waals surface area contributed by atoms with Crippen LogP contribution in [-0.2, 0) is 26.2 Å². The van der Waals surface area contributed by atoms with Gasteiger partial charge in [-0.3, -0.25) is 13.9 Å². The predicted octanol–water partition coefficient (Wildman–Crippen LogP) is 3.64. The minimum Gasteiger partial charge on any atom is -0.497 e. The van der Waals surface area contributed by atoms with Gasteiger partial charge in [-0.2, -0.15) is 0 Å². The molecule has 0 radical (unpaired) electrons. The summed E-state index contributed by atoms with van der Waals surface area (Å²) < 4.78 is 37.4. The number of benzene rings is 2. The van der Waals surface area contributed by atoms with Crippen molar-refractivity contribution in [2.75, 3.05) is 31.3 Å². The molecule has 2 aromatic rings. The zero-order chi connectivity index (χ0) is 27.9. The fourth-order valence-electron chi connectivity index (χ4n) is 4.74. The van der Waals surface area contributed by atoms with Crippen molar-refractivity contribution in [3.05, 3.63) is 53.6 Å². The summed E-state index contributed by atoms with van der Waals surface area (Å²) >= 11 is 0. The number of hydrogen-bond acceptors (Lipinski definition) is 6. The highest BCUT2D eigenvalue weighted by Gasteiger charge is 2.32. The molecule has 0 bridgehead atoms. The topological polar surface area (TPSA) is 105 Å². The van der Waals surface area contributed by atoms with Crippen LogP contribution in [0.25, 0.3) is 0 Å². The molecule has 1 aliphatic carbocycles. The van der Waals surface area contributed by atoms with Gasteiger partial charge in [0, 0.05) is 18.7 Å². The highest BCUT2D eigenvalue weighted by atomic mass is 32.2. The van der Waals surface area contributed by atoms with Crippen LogP contribution < -0.4 is 19.1 Å². The number of sulfonamides is 1. The van der Waals surface area contributed by atoms with E-state index in [1.807, 2.05) is 31.2 Å². The van der Waals surface area contributed by atoms with Gasteiger partial charge >= 0.3 is 0 Å². The Kier molecular flexibility index (Phi) is 10.0. The first-order valence-electron chi connectivity index (χ1n) is 12.9. The molecule has 1 aliphatic rings. The first kappa shape index (κ1) is 29.3. The van der Waals surface area contributed by atoms with Gasteiger partial charge in [-0.05, 0) is 44.4 Å². The highest BCUT2D eigenvalue weighted by Crippen LogP contribution is 2.33. The summed E-state index contributed by atoms with van der Waals surface area (Å²) in [5.74, 6) is -0.0118. The molecule has 1 atom stereocenters. The summed E-state index contributed by atoms with van der Waals surface area (Å²) in [6, 6.07) is 11.7. The minimum atomic E-state index is -3.88. The van der Waals surface area contributed by atoms with Gasteiger partial charge in [0.15, 0.2) is 0 Å². The maximum atomic E-state index is 13.8. The summed E-state index contributed by atoms with van der Waals surface area (Å²) in [7, 11) is -0.968. The van der Waals surface area contributed by atoms with Gasteiger partial charge in [-0.25, -0.2) is 8.42 Å². The molecule has 2 amide bonds.